The predicted molar refractivity (Wildman–Crippen MR) is 75.3 cm³/mol. The molecule has 6 heteroatoms. The molecule has 5 nitrogen and oxygen atoms in total. The van der Waals surface area contributed by atoms with Gasteiger partial charge in [0.15, 0.2) is 0 Å². The van der Waals surface area contributed by atoms with Gasteiger partial charge in [-0.25, -0.2) is 17.9 Å². The number of carboxylic acids is 1. The van der Waals surface area contributed by atoms with Crippen LogP contribution in [0.3, 0.4) is 0 Å². The van der Waals surface area contributed by atoms with Gasteiger partial charge in [0.25, 0.3) is 0 Å². The maximum atomic E-state index is 12.4. The highest BCUT2D eigenvalue weighted by Crippen LogP contribution is 2.21. The Hall–Kier alpha value is -1.66. The summed E-state index contributed by atoms with van der Waals surface area (Å²) < 4.78 is 27.5. The summed E-state index contributed by atoms with van der Waals surface area (Å²) in [5.41, 5.74) is 0.598. The number of sulfonamides is 1. The van der Waals surface area contributed by atoms with Crippen LogP contribution < -0.4 is 4.72 Å². The zero-order chi connectivity index (χ0) is 14.8. The minimum atomic E-state index is -3.70. The van der Waals surface area contributed by atoms with Crippen molar-refractivity contribution in [2.45, 2.75) is 37.1 Å². The summed E-state index contributed by atoms with van der Waals surface area (Å²) in [4.78, 5) is 11.1. The summed E-state index contributed by atoms with van der Waals surface area (Å²) in [6.07, 6.45) is 5.72. The fourth-order valence-corrected chi connectivity index (χ4v) is 3.82. The lowest BCUT2D eigenvalue weighted by atomic mass is 10.1. The van der Waals surface area contributed by atoms with Gasteiger partial charge in [-0.05, 0) is 37.0 Å². The van der Waals surface area contributed by atoms with E-state index in [1.165, 1.54) is 12.1 Å². The van der Waals surface area contributed by atoms with E-state index in [9.17, 15) is 13.2 Å². The van der Waals surface area contributed by atoms with Gasteiger partial charge in [-0.3, -0.25) is 0 Å². The molecule has 0 heterocycles. The first-order valence-corrected chi connectivity index (χ1v) is 7.96. The number of benzene rings is 1. The van der Waals surface area contributed by atoms with E-state index in [4.69, 9.17) is 5.11 Å². The number of carbonyl (C=O) groups is 1. The molecule has 1 aliphatic rings. The van der Waals surface area contributed by atoms with Gasteiger partial charge in [-0.15, -0.1) is 0 Å². The molecule has 0 radical (unpaired) electrons. The average molecular weight is 295 g/mol. The molecule has 1 aromatic carbocycles. The molecule has 0 atom stereocenters. The molecule has 1 aromatic rings. The van der Waals surface area contributed by atoms with Gasteiger partial charge in [0, 0.05) is 6.04 Å². The van der Waals surface area contributed by atoms with Crippen LogP contribution in [-0.2, 0) is 16.4 Å². The molecule has 20 heavy (non-hydrogen) atoms. The molecule has 0 bridgehead atoms. The van der Waals surface area contributed by atoms with Crippen molar-refractivity contribution < 1.29 is 18.3 Å². The van der Waals surface area contributed by atoms with E-state index < -0.39 is 16.0 Å². The van der Waals surface area contributed by atoms with Crippen molar-refractivity contribution in [3.05, 3.63) is 41.5 Å². The minimum Gasteiger partial charge on any atom is -0.478 e. The highest BCUT2D eigenvalue weighted by Gasteiger charge is 2.24. The van der Waals surface area contributed by atoms with E-state index in [1.54, 1.807) is 6.07 Å². The monoisotopic (exact) mass is 295 g/mol. The van der Waals surface area contributed by atoms with Crippen molar-refractivity contribution >= 4 is 16.0 Å². The van der Waals surface area contributed by atoms with E-state index in [1.807, 2.05) is 19.1 Å². The van der Waals surface area contributed by atoms with Crippen LogP contribution in [0.5, 0.6) is 0 Å². The summed E-state index contributed by atoms with van der Waals surface area (Å²) in [6, 6.07) is 4.08. The van der Waals surface area contributed by atoms with E-state index in [2.05, 4.69) is 4.72 Å². The highest BCUT2D eigenvalue weighted by molar-refractivity contribution is 7.89. The van der Waals surface area contributed by atoms with Gasteiger partial charge in [-0.1, -0.05) is 25.1 Å². The predicted octanol–water partition coefficient (Wildman–Crippen LogP) is 1.94. The van der Waals surface area contributed by atoms with Gasteiger partial charge < -0.3 is 5.11 Å². The first-order valence-electron chi connectivity index (χ1n) is 6.47. The third kappa shape index (κ3) is 3.08. The lowest BCUT2D eigenvalue weighted by molar-refractivity contribution is 0.0696. The fourth-order valence-electron chi connectivity index (χ4n) is 2.23. The zero-order valence-electron chi connectivity index (χ0n) is 11.2. The molecular formula is C14H17NO4S. The van der Waals surface area contributed by atoms with E-state index in [-0.39, 0.29) is 16.5 Å². The van der Waals surface area contributed by atoms with Crippen LogP contribution >= 0.6 is 0 Å². The van der Waals surface area contributed by atoms with E-state index in [0.717, 1.165) is 0 Å². The molecule has 0 aliphatic heterocycles. The second kappa shape index (κ2) is 5.76. The van der Waals surface area contributed by atoms with Crippen LogP contribution in [0, 0.1) is 0 Å². The minimum absolute atomic E-state index is 0.0212. The summed E-state index contributed by atoms with van der Waals surface area (Å²) in [7, 11) is -3.70. The Morgan fingerprint density at radius 2 is 2.00 bits per heavy atom. The van der Waals surface area contributed by atoms with Gasteiger partial charge in [0.1, 0.15) is 0 Å². The summed E-state index contributed by atoms with van der Waals surface area (Å²) in [5.74, 6) is -1.13. The number of aryl methyl sites for hydroxylation is 1. The topological polar surface area (TPSA) is 83.5 Å². The third-order valence-electron chi connectivity index (χ3n) is 3.31. The molecule has 0 amide bonds. The Bertz CT molecular complexity index is 641. The quantitative estimate of drug-likeness (QED) is 0.813. The Morgan fingerprint density at radius 3 is 2.55 bits per heavy atom. The molecule has 0 saturated carbocycles. The van der Waals surface area contributed by atoms with Crippen molar-refractivity contribution in [1.29, 1.82) is 0 Å². The normalized spacial score (nSPS) is 15.7. The number of hydrogen-bond donors (Lipinski definition) is 2. The maximum Gasteiger partial charge on any atom is 0.335 e. The molecule has 2 N–H and O–H groups in total. The second-order valence-electron chi connectivity index (χ2n) is 4.74. The summed E-state index contributed by atoms with van der Waals surface area (Å²) in [6.45, 7) is 1.84. The van der Waals surface area contributed by atoms with Crippen LogP contribution in [-0.4, -0.2) is 25.5 Å². The standard InChI is InChI=1S/C14H17NO4S/c1-2-10-7-8-11(14(16)17)9-13(10)20(18,19)15-12-5-3-4-6-12/h3-4,7-9,12,15H,2,5-6H2,1H3,(H,16,17). The zero-order valence-corrected chi connectivity index (χ0v) is 12.0. The summed E-state index contributed by atoms with van der Waals surface area (Å²) in [5, 5.41) is 9.00. The van der Waals surface area contributed by atoms with Crippen molar-refractivity contribution in [3.63, 3.8) is 0 Å². The molecule has 0 spiro atoms. The van der Waals surface area contributed by atoms with Gasteiger partial charge in [-0.2, -0.15) is 0 Å². The molecule has 2 rings (SSSR count). The van der Waals surface area contributed by atoms with E-state index in [0.29, 0.717) is 24.8 Å². The average Bonchev–Trinajstić information content (AvgIpc) is 2.90. The number of aromatic carboxylic acids is 1. The molecular weight excluding hydrogens is 278 g/mol. The Labute approximate surface area is 118 Å². The lowest BCUT2D eigenvalue weighted by Crippen LogP contribution is -2.33. The van der Waals surface area contributed by atoms with Crippen LogP contribution in [0.25, 0.3) is 0 Å². The van der Waals surface area contributed by atoms with Gasteiger partial charge >= 0.3 is 5.97 Å². The lowest BCUT2D eigenvalue weighted by Gasteiger charge is -2.15. The third-order valence-corrected chi connectivity index (χ3v) is 4.92. The van der Waals surface area contributed by atoms with E-state index >= 15 is 0 Å². The molecule has 108 valence electrons. The van der Waals surface area contributed by atoms with Crippen LogP contribution in [0.4, 0.5) is 0 Å². The highest BCUT2D eigenvalue weighted by atomic mass is 32.2. The van der Waals surface area contributed by atoms with Crippen LogP contribution in [0.2, 0.25) is 0 Å². The molecule has 1 aliphatic carbocycles. The first kappa shape index (κ1) is 14.7. The molecule has 0 unspecified atom stereocenters. The van der Waals surface area contributed by atoms with Crippen molar-refractivity contribution in [3.8, 4) is 0 Å². The van der Waals surface area contributed by atoms with Crippen LogP contribution in [0.15, 0.2) is 35.2 Å². The Kier molecular flexibility index (Phi) is 4.25. The number of rotatable bonds is 5. The Balaban J connectivity index is 2.37. The smallest absolute Gasteiger partial charge is 0.335 e. The number of nitrogens with one attached hydrogen (secondary N) is 1. The van der Waals surface area contributed by atoms with Crippen molar-refractivity contribution in [2.24, 2.45) is 0 Å². The van der Waals surface area contributed by atoms with Gasteiger partial charge in [0.2, 0.25) is 10.0 Å². The molecule has 0 fully saturated rings. The fraction of sp³-hybridized carbons (Fsp3) is 0.357. The molecule has 0 aromatic heterocycles. The number of hydrogen-bond acceptors (Lipinski definition) is 3. The summed E-state index contributed by atoms with van der Waals surface area (Å²) >= 11 is 0. The van der Waals surface area contributed by atoms with Crippen molar-refractivity contribution in [1.82, 2.24) is 4.72 Å². The first-order chi connectivity index (χ1) is 9.44. The molecule has 0 saturated heterocycles. The number of carboxylic acid groups (broad SMARTS) is 1. The Morgan fingerprint density at radius 1 is 1.35 bits per heavy atom. The van der Waals surface area contributed by atoms with Crippen LogP contribution in [0.1, 0.15) is 35.7 Å². The second-order valence-corrected chi connectivity index (χ2v) is 6.42. The van der Waals surface area contributed by atoms with Gasteiger partial charge in [0.05, 0.1) is 10.5 Å². The SMILES string of the molecule is CCc1ccc(C(=O)O)cc1S(=O)(=O)NC1CC=CC1. The largest absolute Gasteiger partial charge is 0.478 e. The maximum absolute atomic E-state index is 12.4. The van der Waals surface area contributed by atoms with Crippen molar-refractivity contribution in [2.75, 3.05) is 0 Å².